The zero-order valence-electron chi connectivity index (χ0n) is 9.24. The van der Waals surface area contributed by atoms with E-state index < -0.39 is 0 Å². The Labute approximate surface area is 94.3 Å². The molecule has 1 fully saturated rings. The Bertz CT molecular complexity index is 394. The van der Waals surface area contributed by atoms with Crippen molar-refractivity contribution in [3.05, 3.63) is 35.6 Å². The minimum atomic E-state index is -0.207. The molecule has 1 heterocycles. The molecule has 1 saturated heterocycles. The lowest BCUT2D eigenvalue weighted by Crippen LogP contribution is -2.48. The molecule has 0 radical (unpaired) electrons. The molecule has 1 aliphatic rings. The standard InChI is InChI=1S/C12H15FN2O/c1-9(10-4-2-3-5-11(10)13)15-7-6-14-12(16)8-15/h2-5,9H,6-8H2,1H3,(H,14,16). The molecule has 0 saturated carbocycles. The summed E-state index contributed by atoms with van der Waals surface area (Å²) >= 11 is 0. The Morgan fingerprint density at radius 1 is 1.44 bits per heavy atom. The van der Waals surface area contributed by atoms with E-state index in [0.717, 1.165) is 6.54 Å². The minimum Gasteiger partial charge on any atom is -0.354 e. The first-order valence-electron chi connectivity index (χ1n) is 5.43. The summed E-state index contributed by atoms with van der Waals surface area (Å²) < 4.78 is 13.6. The minimum absolute atomic E-state index is 0.00874. The van der Waals surface area contributed by atoms with Crippen LogP contribution in [0.1, 0.15) is 18.5 Å². The molecule has 1 aromatic rings. The van der Waals surface area contributed by atoms with Crippen LogP contribution in [0.25, 0.3) is 0 Å². The second kappa shape index (κ2) is 4.61. The van der Waals surface area contributed by atoms with Gasteiger partial charge in [0.15, 0.2) is 0 Å². The maximum Gasteiger partial charge on any atom is 0.234 e. The number of benzene rings is 1. The highest BCUT2D eigenvalue weighted by Gasteiger charge is 2.23. The quantitative estimate of drug-likeness (QED) is 0.818. The zero-order valence-corrected chi connectivity index (χ0v) is 9.24. The number of piperazine rings is 1. The summed E-state index contributed by atoms with van der Waals surface area (Å²) in [7, 11) is 0. The molecule has 1 unspecified atom stereocenters. The number of nitrogens with one attached hydrogen (secondary N) is 1. The Hall–Kier alpha value is -1.42. The SMILES string of the molecule is CC(c1ccccc1F)N1CCNC(=O)C1. The fraction of sp³-hybridized carbons (Fsp3) is 0.417. The monoisotopic (exact) mass is 222 g/mol. The van der Waals surface area contributed by atoms with E-state index in [-0.39, 0.29) is 17.8 Å². The van der Waals surface area contributed by atoms with E-state index in [1.807, 2.05) is 17.9 Å². The highest BCUT2D eigenvalue weighted by Crippen LogP contribution is 2.22. The average molecular weight is 222 g/mol. The Kier molecular flexibility index (Phi) is 3.19. The maximum absolute atomic E-state index is 13.6. The molecule has 1 atom stereocenters. The fourth-order valence-electron chi connectivity index (χ4n) is 2.00. The van der Waals surface area contributed by atoms with Crippen molar-refractivity contribution in [1.29, 1.82) is 0 Å². The molecule has 0 aliphatic carbocycles. The van der Waals surface area contributed by atoms with Gasteiger partial charge in [-0.3, -0.25) is 9.69 Å². The van der Waals surface area contributed by atoms with Gasteiger partial charge < -0.3 is 5.32 Å². The van der Waals surface area contributed by atoms with E-state index >= 15 is 0 Å². The van der Waals surface area contributed by atoms with Gasteiger partial charge in [-0.05, 0) is 13.0 Å². The van der Waals surface area contributed by atoms with Gasteiger partial charge in [-0.15, -0.1) is 0 Å². The predicted octanol–water partition coefficient (Wildman–Crippen LogP) is 1.32. The number of rotatable bonds is 2. The Morgan fingerprint density at radius 3 is 2.88 bits per heavy atom. The third kappa shape index (κ3) is 2.22. The molecule has 0 bridgehead atoms. The normalized spacial score (nSPS) is 19.2. The summed E-state index contributed by atoms with van der Waals surface area (Å²) in [5.74, 6) is -0.199. The van der Waals surface area contributed by atoms with E-state index in [1.165, 1.54) is 6.07 Å². The van der Waals surface area contributed by atoms with Crippen molar-refractivity contribution in [3.8, 4) is 0 Å². The third-order valence-corrected chi connectivity index (χ3v) is 2.97. The summed E-state index contributed by atoms with van der Waals surface area (Å²) in [5.41, 5.74) is 0.650. The number of amides is 1. The first-order valence-corrected chi connectivity index (χ1v) is 5.43. The lowest BCUT2D eigenvalue weighted by Gasteiger charge is -2.32. The number of hydrogen-bond donors (Lipinski definition) is 1. The van der Waals surface area contributed by atoms with Gasteiger partial charge in [-0.1, -0.05) is 18.2 Å². The van der Waals surface area contributed by atoms with Crippen molar-refractivity contribution in [2.75, 3.05) is 19.6 Å². The second-order valence-corrected chi connectivity index (χ2v) is 4.02. The Balaban J connectivity index is 2.15. The number of halogens is 1. The van der Waals surface area contributed by atoms with Gasteiger partial charge in [0.25, 0.3) is 0 Å². The van der Waals surface area contributed by atoms with Crippen molar-refractivity contribution in [1.82, 2.24) is 10.2 Å². The van der Waals surface area contributed by atoms with E-state index in [9.17, 15) is 9.18 Å². The molecular weight excluding hydrogens is 207 g/mol. The second-order valence-electron chi connectivity index (χ2n) is 4.02. The van der Waals surface area contributed by atoms with Crippen LogP contribution in [0.15, 0.2) is 24.3 Å². The van der Waals surface area contributed by atoms with Gasteiger partial charge in [-0.25, -0.2) is 4.39 Å². The van der Waals surface area contributed by atoms with E-state index in [2.05, 4.69) is 5.32 Å². The smallest absolute Gasteiger partial charge is 0.234 e. The first kappa shape index (κ1) is 11.1. The molecule has 1 aliphatic heterocycles. The van der Waals surface area contributed by atoms with Crippen LogP contribution in [0.5, 0.6) is 0 Å². The number of hydrogen-bond acceptors (Lipinski definition) is 2. The van der Waals surface area contributed by atoms with Crippen molar-refractivity contribution < 1.29 is 9.18 Å². The summed E-state index contributed by atoms with van der Waals surface area (Å²) in [4.78, 5) is 13.2. The van der Waals surface area contributed by atoms with Crippen molar-refractivity contribution in [2.45, 2.75) is 13.0 Å². The highest BCUT2D eigenvalue weighted by atomic mass is 19.1. The maximum atomic E-state index is 13.6. The molecule has 1 aromatic carbocycles. The number of carbonyl (C=O) groups excluding carboxylic acids is 1. The molecule has 16 heavy (non-hydrogen) atoms. The summed E-state index contributed by atoms with van der Waals surface area (Å²) in [6.07, 6.45) is 0. The summed E-state index contributed by atoms with van der Waals surface area (Å²) in [6, 6.07) is 6.66. The average Bonchev–Trinajstić information content (AvgIpc) is 2.29. The zero-order chi connectivity index (χ0) is 11.5. The molecule has 1 amide bonds. The van der Waals surface area contributed by atoms with Crippen LogP contribution >= 0.6 is 0 Å². The molecule has 3 nitrogen and oxygen atoms in total. The molecule has 2 rings (SSSR count). The lowest BCUT2D eigenvalue weighted by molar-refractivity contribution is -0.124. The van der Waals surface area contributed by atoms with Gasteiger partial charge in [-0.2, -0.15) is 0 Å². The van der Waals surface area contributed by atoms with Crippen LogP contribution in [0.4, 0.5) is 4.39 Å². The largest absolute Gasteiger partial charge is 0.354 e. The van der Waals surface area contributed by atoms with Gasteiger partial charge in [0.05, 0.1) is 6.54 Å². The van der Waals surface area contributed by atoms with Crippen LogP contribution in [0, 0.1) is 5.82 Å². The topological polar surface area (TPSA) is 32.3 Å². The van der Waals surface area contributed by atoms with E-state index in [4.69, 9.17) is 0 Å². The summed E-state index contributed by atoms with van der Waals surface area (Å²) in [5, 5.41) is 2.76. The van der Waals surface area contributed by atoms with Crippen LogP contribution in [-0.4, -0.2) is 30.4 Å². The first-order chi connectivity index (χ1) is 7.68. The van der Waals surface area contributed by atoms with Gasteiger partial charge in [0.1, 0.15) is 5.82 Å². The summed E-state index contributed by atoms with van der Waals surface area (Å²) in [6.45, 7) is 3.67. The predicted molar refractivity (Wildman–Crippen MR) is 59.4 cm³/mol. The van der Waals surface area contributed by atoms with Crippen molar-refractivity contribution in [3.63, 3.8) is 0 Å². The van der Waals surface area contributed by atoms with Crippen molar-refractivity contribution >= 4 is 5.91 Å². The van der Waals surface area contributed by atoms with Crippen LogP contribution in [0.3, 0.4) is 0 Å². The molecule has 1 N–H and O–H groups in total. The van der Waals surface area contributed by atoms with Gasteiger partial charge in [0.2, 0.25) is 5.91 Å². The molecule has 86 valence electrons. The highest BCUT2D eigenvalue weighted by molar-refractivity contribution is 5.78. The van der Waals surface area contributed by atoms with Crippen molar-refractivity contribution in [2.24, 2.45) is 0 Å². The van der Waals surface area contributed by atoms with Crippen LogP contribution < -0.4 is 5.32 Å². The van der Waals surface area contributed by atoms with E-state index in [1.54, 1.807) is 12.1 Å². The molecule has 0 spiro atoms. The molecule has 4 heteroatoms. The van der Waals surface area contributed by atoms with Crippen LogP contribution in [0.2, 0.25) is 0 Å². The number of carbonyl (C=O) groups is 1. The fourth-order valence-corrected chi connectivity index (χ4v) is 2.00. The Morgan fingerprint density at radius 2 is 2.19 bits per heavy atom. The number of nitrogens with zero attached hydrogens (tertiary/aromatic N) is 1. The molecule has 0 aromatic heterocycles. The molecular formula is C12H15FN2O. The van der Waals surface area contributed by atoms with E-state index in [0.29, 0.717) is 18.7 Å². The van der Waals surface area contributed by atoms with Gasteiger partial charge >= 0.3 is 0 Å². The van der Waals surface area contributed by atoms with Gasteiger partial charge in [0, 0.05) is 24.7 Å². The van der Waals surface area contributed by atoms with Crippen LogP contribution in [-0.2, 0) is 4.79 Å². The third-order valence-electron chi connectivity index (χ3n) is 2.97. The lowest BCUT2D eigenvalue weighted by atomic mass is 10.1.